The number of nitrogens with two attached hydrogens (primary N) is 1. The molecule has 0 radical (unpaired) electrons. The maximum absolute atomic E-state index is 12.7. The minimum absolute atomic E-state index is 0. The van der Waals surface area contributed by atoms with Crippen LogP contribution in [0, 0.1) is 11.6 Å². The minimum atomic E-state index is -0.984. The molecule has 0 unspecified atom stereocenters. The Morgan fingerprint density at radius 2 is 1.83 bits per heavy atom. The number of hydrazine groups is 1. The summed E-state index contributed by atoms with van der Waals surface area (Å²) in [7, 11) is 0. The second-order valence-corrected chi connectivity index (χ2v) is 2.72. The van der Waals surface area contributed by atoms with E-state index >= 15 is 0 Å². The van der Waals surface area contributed by atoms with Gasteiger partial charge < -0.3 is 5.43 Å². The maximum Gasteiger partial charge on any atom is 0.184 e. The van der Waals surface area contributed by atoms with Crippen LogP contribution in [-0.4, -0.2) is 0 Å². The molecule has 0 heterocycles. The minimum Gasteiger partial charge on any atom is -0.321 e. The van der Waals surface area contributed by atoms with E-state index in [1.165, 1.54) is 12.1 Å². The first-order chi connectivity index (χ1) is 5.16. The molecule has 0 saturated carbocycles. The molecule has 0 amide bonds. The smallest absolute Gasteiger partial charge is 0.184 e. The molecule has 6 heteroatoms. The highest BCUT2D eigenvalue weighted by Gasteiger charge is 2.09. The number of hydrogen-bond acceptors (Lipinski definition) is 2. The van der Waals surface area contributed by atoms with E-state index < -0.39 is 11.6 Å². The topological polar surface area (TPSA) is 38.0 Å². The summed E-state index contributed by atoms with van der Waals surface area (Å²) in [6.45, 7) is 0. The quantitative estimate of drug-likeness (QED) is 0.462. The maximum atomic E-state index is 12.7. The van der Waals surface area contributed by atoms with Crippen molar-refractivity contribution in [1.29, 1.82) is 0 Å². The van der Waals surface area contributed by atoms with Crippen molar-refractivity contribution >= 4 is 34.0 Å². The molecule has 0 saturated heterocycles. The van der Waals surface area contributed by atoms with E-state index in [4.69, 9.17) is 5.84 Å². The number of nitrogens with one attached hydrogen (secondary N) is 1. The molecule has 1 rings (SSSR count). The normalized spacial score (nSPS) is 9.00. The van der Waals surface area contributed by atoms with Crippen LogP contribution in [0.5, 0.6) is 0 Å². The van der Waals surface area contributed by atoms with Crippen LogP contribution in [0.4, 0.5) is 14.5 Å². The van der Waals surface area contributed by atoms with Crippen molar-refractivity contribution < 1.29 is 8.78 Å². The molecule has 68 valence electrons. The Morgan fingerprint density at radius 3 is 2.33 bits per heavy atom. The first-order valence-corrected chi connectivity index (χ1v) is 3.56. The van der Waals surface area contributed by atoms with Crippen molar-refractivity contribution in [3.63, 3.8) is 0 Å². The van der Waals surface area contributed by atoms with Gasteiger partial charge in [0.1, 0.15) is 0 Å². The summed E-state index contributed by atoms with van der Waals surface area (Å²) < 4.78 is 25.5. The predicted molar refractivity (Wildman–Crippen MR) is 49.1 cm³/mol. The third-order valence-electron chi connectivity index (χ3n) is 1.19. The van der Waals surface area contributed by atoms with E-state index in [1.54, 1.807) is 0 Å². The first-order valence-electron chi connectivity index (χ1n) is 2.77. The number of anilines is 1. The molecule has 1 aromatic carbocycles. The van der Waals surface area contributed by atoms with Crippen LogP contribution in [0.15, 0.2) is 16.6 Å². The Hall–Kier alpha value is -0.390. The zero-order chi connectivity index (χ0) is 8.43. The van der Waals surface area contributed by atoms with Crippen LogP contribution in [0.3, 0.4) is 0 Å². The average molecular weight is 259 g/mol. The van der Waals surface area contributed by atoms with Gasteiger partial charge in [0.15, 0.2) is 11.6 Å². The molecule has 12 heavy (non-hydrogen) atoms. The number of rotatable bonds is 1. The summed E-state index contributed by atoms with van der Waals surface area (Å²) in [6, 6.07) is 2.70. The monoisotopic (exact) mass is 258 g/mol. The van der Waals surface area contributed by atoms with Gasteiger partial charge in [-0.15, -0.1) is 12.4 Å². The third kappa shape index (κ3) is 2.06. The molecular weight excluding hydrogens is 253 g/mol. The molecule has 0 atom stereocenters. The second-order valence-electron chi connectivity index (χ2n) is 1.87. The first kappa shape index (κ1) is 11.6. The Bertz CT molecular complexity index is 282. The van der Waals surface area contributed by atoms with E-state index in [0.29, 0.717) is 0 Å². The Balaban J connectivity index is 0.00000121. The van der Waals surface area contributed by atoms with Gasteiger partial charge in [-0.3, -0.25) is 5.84 Å². The van der Waals surface area contributed by atoms with E-state index in [9.17, 15) is 8.78 Å². The van der Waals surface area contributed by atoms with Crippen LogP contribution < -0.4 is 11.3 Å². The van der Waals surface area contributed by atoms with E-state index in [2.05, 4.69) is 15.9 Å². The van der Waals surface area contributed by atoms with Gasteiger partial charge in [0, 0.05) is 0 Å². The lowest BCUT2D eigenvalue weighted by molar-refractivity contribution is 0.506. The van der Waals surface area contributed by atoms with Crippen molar-refractivity contribution in [1.82, 2.24) is 0 Å². The summed E-state index contributed by atoms with van der Waals surface area (Å²) in [5.74, 6) is 2.97. The van der Waals surface area contributed by atoms with Crippen molar-refractivity contribution in [3.8, 4) is 0 Å². The van der Waals surface area contributed by atoms with Crippen LogP contribution in [-0.2, 0) is 0 Å². The van der Waals surface area contributed by atoms with Crippen molar-refractivity contribution in [2.24, 2.45) is 5.84 Å². The average Bonchev–Trinajstić information content (AvgIpc) is 2.01. The summed E-state index contributed by atoms with van der Waals surface area (Å²) in [4.78, 5) is 0. The number of halogens is 4. The van der Waals surface area contributed by atoms with Crippen molar-refractivity contribution in [2.75, 3.05) is 5.43 Å². The standard InChI is InChI=1S/C6H5BrF2N2.ClH/c7-3-1-2-4(11-10)6(9)5(3)8;/h1-2,11H,10H2;1H. The highest BCUT2D eigenvalue weighted by atomic mass is 79.9. The van der Waals surface area contributed by atoms with Crippen molar-refractivity contribution in [3.05, 3.63) is 28.2 Å². The number of benzene rings is 1. The molecule has 1 aromatic rings. The molecule has 0 aliphatic rings. The molecule has 0 fully saturated rings. The zero-order valence-corrected chi connectivity index (χ0v) is 8.18. The molecule has 0 aliphatic carbocycles. The number of nitrogen functional groups attached to an aromatic ring is 1. The van der Waals surface area contributed by atoms with Crippen LogP contribution in [0.1, 0.15) is 0 Å². The van der Waals surface area contributed by atoms with Gasteiger partial charge in [-0.05, 0) is 28.1 Å². The van der Waals surface area contributed by atoms with Crippen molar-refractivity contribution in [2.45, 2.75) is 0 Å². The van der Waals surface area contributed by atoms with Gasteiger partial charge in [0.2, 0.25) is 0 Å². The lowest BCUT2D eigenvalue weighted by Gasteiger charge is -2.02. The lowest BCUT2D eigenvalue weighted by Crippen LogP contribution is -2.09. The molecule has 0 bridgehead atoms. The Labute approximate surface area is 82.6 Å². The van der Waals surface area contributed by atoms with E-state index in [1.807, 2.05) is 5.43 Å². The summed E-state index contributed by atoms with van der Waals surface area (Å²) in [5.41, 5.74) is 1.96. The van der Waals surface area contributed by atoms with Crippen LogP contribution >= 0.6 is 28.3 Å². The van der Waals surface area contributed by atoms with Gasteiger partial charge in [0.05, 0.1) is 10.2 Å². The molecule has 0 aromatic heterocycles. The molecule has 0 aliphatic heterocycles. The fourth-order valence-electron chi connectivity index (χ4n) is 0.637. The highest BCUT2D eigenvalue weighted by molar-refractivity contribution is 9.10. The van der Waals surface area contributed by atoms with Gasteiger partial charge in [-0.1, -0.05) is 0 Å². The molecule has 0 spiro atoms. The number of hydrogen-bond donors (Lipinski definition) is 2. The summed E-state index contributed by atoms with van der Waals surface area (Å²) >= 11 is 2.83. The third-order valence-corrected chi connectivity index (χ3v) is 1.80. The molecule has 2 nitrogen and oxygen atoms in total. The van der Waals surface area contributed by atoms with Gasteiger partial charge >= 0.3 is 0 Å². The van der Waals surface area contributed by atoms with E-state index in [0.717, 1.165) is 0 Å². The zero-order valence-electron chi connectivity index (χ0n) is 5.77. The largest absolute Gasteiger partial charge is 0.321 e. The highest BCUT2D eigenvalue weighted by Crippen LogP contribution is 2.23. The summed E-state index contributed by atoms with van der Waals surface area (Å²) in [5, 5.41) is 0. The fourth-order valence-corrected chi connectivity index (χ4v) is 0.944. The molecule has 3 N–H and O–H groups in total. The van der Waals surface area contributed by atoms with Crippen LogP contribution in [0.2, 0.25) is 0 Å². The second kappa shape index (κ2) is 4.59. The van der Waals surface area contributed by atoms with E-state index in [-0.39, 0.29) is 22.6 Å². The predicted octanol–water partition coefficient (Wildman–Crippen LogP) is 2.43. The van der Waals surface area contributed by atoms with Gasteiger partial charge in [0.25, 0.3) is 0 Å². The fraction of sp³-hybridized carbons (Fsp3) is 0. The Morgan fingerprint density at radius 1 is 1.25 bits per heavy atom. The summed E-state index contributed by atoms with van der Waals surface area (Å²) in [6.07, 6.45) is 0. The SMILES string of the molecule is Cl.NNc1ccc(Br)c(F)c1F. The van der Waals surface area contributed by atoms with Gasteiger partial charge in [-0.25, -0.2) is 8.78 Å². The Kier molecular flexibility index (Phi) is 4.44. The molecular formula is C6H6BrClF2N2. The lowest BCUT2D eigenvalue weighted by atomic mass is 10.3. The van der Waals surface area contributed by atoms with Gasteiger partial charge in [-0.2, -0.15) is 0 Å². The van der Waals surface area contributed by atoms with Crippen LogP contribution in [0.25, 0.3) is 0 Å².